The van der Waals surface area contributed by atoms with E-state index in [2.05, 4.69) is 380 Å². The summed E-state index contributed by atoms with van der Waals surface area (Å²) in [6, 6.07) is 129. The minimum atomic E-state index is 0.360. The zero-order valence-electron chi connectivity index (χ0n) is 68.9. The van der Waals surface area contributed by atoms with E-state index >= 15 is 0 Å². The van der Waals surface area contributed by atoms with Crippen LogP contribution in [0.5, 0.6) is 0 Å². The van der Waals surface area contributed by atoms with E-state index in [1.165, 1.54) is 117 Å². The van der Waals surface area contributed by atoms with Crippen molar-refractivity contribution in [1.82, 2.24) is 42.4 Å². The summed E-state index contributed by atoms with van der Waals surface area (Å²) in [5, 5.41) is 42.2. The summed E-state index contributed by atoms with van der Waals surface area (Å²) in [4.78, 5) is 24.1. The second kappa shape index (κ2) is 30.9. The zero-order valence-corrected chi connectivity index (χ0v) is 68.9. The monoisotopic (exact) mass is 1630 g/mol. The molecule has 0 radical (unpaired) electrons. The van der Waals surface area contributed by atoms with Crippen molar-refractivity contribution in [3.05, 3.63) is 433 Å². The smallest absolute Gasteiger partial charge is 0.214 e. The van der Waals surface area contributed by atoms with E-state index in [1.807, 2.05) is 42.5 Å². The molecule has 24 aromatic rings. The normalized spacial score (nSPS) is 11.3. The maximum absolute atomic E-state index is 9.36. The second-order valence-corrected chi connectivity index (χ2v) is 31.9. The largest absolute Gasteiger partial charge is 0.309 e. The summed E-state index contributed by atoms with van der Waals surface area (Å²) >= 11 is 0. The average Bonchev–Trinajstić information content (AvgIpc) is 1.57. The Hall–Kier alpha value is -18.5. The number of nitriles is 3. The molecular formula is C113H67N15. The maximum atomic E-state index is 9.36. The topological polar surface area (TPSA) is 153 Å². The molecule has 594 valence electrons. The van der Waals surface area contributed by atoms with E-state index in [0.717, 1.165) is 94.7 Å². The summed E-state index contributed by atoms with van der Waals surface area (Å²) < 4.78 is 14.0. The van der Waals surface area contributed by atoms with E-state index in [4.69, 9.17) is 25.0 Å². The minimum Gasteiger partial charge on any atom is -0.309 e. The molecule has 128 heavy (non-hydrogen) atoms. The first kappa shape index (κ1) is 75.7. The SMILES string of the molecule is [C-]#[N+]c1cc(C#N)cnc1-c1ccc(-n2c3ccc(-n4c5ccccc5c5ccccc54)cc3c3cc(-n4c5ccccc5c5ccccc54)ccc32)cc1.[C-]#[N+]c1cc(C#N)cnc1-c1ccc(-n2c3ccc(C)cc3c3cc(C)ccc32)cc1.[C-]#[N+]c1cc(C#N)cnc1-c1ccc(-n2c3ccccc3c3cc(-n4c5ccccc5c5ccccc54)ccc32)cc1. The number of hydrogen-bond acceptors (Lipinski definition) is 6. The van der Waals surface area contributed by atoms with Gasteiger partial charge in [-0.25, -0.2) is 14.5 Å². The van der Waals surface area contributed by atoms with Crippen LogP contribution in [0.4, 0.5) is 17.1 Å². The van der Waals surface area contributed by atoms with E-state index in [-0.39, 0.29) is 0 Å². The van der Waals surface area contributed by atoms with E-state index in [9.17, 15) is 10.5 Å². The molecule has 0 bridgehead atoms. The molecule has 0 amide bonds. The van der Waals surface area contributed by atoms with Gasteiger partial charge in [0.2, 0.25) is 17.1 Å². The van der Waals surface area contributed by atoms with Crippen molar-refractivity contribution in [2.75, 3.05) is 0 Å². The third kappa shape index (κ3) is 12.5. The van der Waals surface area contributed by atoms with Crippen LogP contribution in [0.2, 0.25) is 0 Å². The van der Waals surface area contributed by atoms with Crippen LogP contribution in [0.3, 0.4) is 0 Å². The minimum absolute atomic E-state index is 0.360. The van der Waals surface area contributed by atoms with Crippen molar-refractivity contribution in [2.24, 2.45) is 0 Å². The van der Waals surface area contributed by atoms with Crippen molar-refractivity contribution >= 4 is 148 Å². The molecule has 0 aliphatic rings. The third-order valence-electron chi connectivity index (χ3n) is 24.5. The number of fused-ring (bicyclic) bond motifs is 18. The van der Waals surface area contributed by atoms with Gasteiger partial charge in [-0.15, -0.1) is 0 Å². The van der Waals surface area contributed by atoms with Gasteiger partial charge in [-0.1, -0.05) is 187 Å². The van der Waals surface area contributed by atoms with Gasteiger partial charge in [0, 0.05) is 117 Å². The van der Waals surface area contributed by atoms with Gasteiger partial charge in [-0.3, -0.25) is 15.0 Å². The lowest BCUT2D eigenvalue weighted by atomic mass is 10.1. The fraction of sp³-hybridized carbons (Fsp3) is 0.0177. The van der Waals surface area contributed by atoms with Crippen molar-refractivity contribution in [2.45, 2.75) is 13.8 Å². The van der Waals surface area contributed by atoms with Crippen LogP contribution in [0.15, 0.2) is 370 Å². The van der Waals surface area contributed by atoms with E-state index in [0.29, 0.717) is 50.8 Å². The summed E-state index contributed by atoms with van der Waals surface area (Å²) in [7, 11) is 0. The summed E-state index contributed by atoms with van der Waals surface area (Å²) in [6.45, 7) is 27.0. The van der Waals surface area contributed by atoms with Crippen LogP contribution in [0.1, 0.15) is 27.8 Å². The first-order valence-electron chi connectivity index (χ1n) is 41.8. The van der Waals surface area contributed by atoms with Gasteiger partial charge >= 0.3 is 0 Å². The number of rotatable bonds is 9. The molecule has 15 aromatic carbocycles. The highest BCUT2D eigenvalue weighted by molar-refractivity contribution is 6.16. The van der Waals surface area contributed by atoms with Crippen molar-refractivity contribution in [3.8, 4) is 86.1 Å². The number of benzene rings is 15. The zero-order chi connectivity index (χ0) is 86.4. The van der Waals surface area contributed by atoms with Crippen LogP contribution in [0.25, 0.3) is 213 Å². The van der Waals surface area contributed by atoms with Gasteiger partial charge in [-0.2, -0.15) is 15.8 Å². The number of para-hydroxylation sites is 7. The summed E-state index contributed by atoms with van der Waals surface area (Å²) in [6.07, 6.45) is 4.55. The molecular weight excluding hydrogens is 1570 g/mol. The lowest BCUT2D eigenvalue weighted by Crippen LogP contribution is -1.96. The summed E-state index contributed by atoms with van der Waals surface area (Å²) in [5.41, 5.74) is 29.2. The number of aromatic nitrogens is 9. The van der Waals surface area contributed by atoms with Gasteiger partial charge in [-0.05, 0) is 206 Å². The Labute approximate surface area is 733 Å². The highest BCUT2D eigenvalue weighted by Crippen LogP contribution is 2.44. The van der Waals surface area contributed by atoms with Crippen molar-refractivity contribution in [1.29, 1.82) is 15.8 Å². The van der Waals surface area contributed by atoms with Gasteiger partial charge < -0.3 is 27.4 Å². The number of nitrogens with zero attached hydrogens (tertiary/aromatic N) is 15. The molecule has 15 heteroatoms. The van der Waals surface area contributed by atoms with Crippen LogP contribution >= 0.6 is 0 Å². The molecule has 0 atom stereocenters. The molecule has 0 aliphatic heterocycles. The molecule has 0 saturated carbocycles. The lowest BCUT2D eigenvalue weighted by molar-refractivity contribution is 1.16. The Kier molecular flexibility index (Phi) is 18.3. The van der Waals surface area contributed by atoms with E-state index < -0.39 is 0 Å². The van der Waals surface area contributed by atoms with Crippen molar-refractivity contribution in [3.63, 3.8) is 0 Å². The predicted octanol–water partition coefficient (Wildman–Crippen LogP) is 28.7. The average molecular weight is 1630 g/mol. The van der Waals surface area contributed by atoms with Gasteiger partial charge in [0.05, 0.1) is 138 Å². The number of pyridine rings is 3. The van der Waals surface area contributed by atoms with Crippen LogP contribution in [-0.2, 0) is 0 Å². The molecule has 15 nitrogen and oxygen atoms in total. The third-order valence-corrected chi connectivity index (χ3v) is 24.5. The molecule has 0 N–H and O–H groups in total. The molecule has 0 unspecified atom stereocenters. The lowest BCUT2D eigenvalue weighted by Gasteiger charge is -2.12. The van der Waals surface area contributed by atoms with Gasteiger partial charge in [0.1, 0.15) is 0 Å². The Morgan fingerprint density at radius 1 is 0.219 bits per heavy atom. The molecule has 24 rings (SSSR count). The van der Waals surface area contributed by atoms with Crippen LogP contribution in [-0.4, -0.2) is 42.4 Å². The molecule has 9 heterocycles. The highest BCUT2D eigenvalue weighted by atomic mass is 15.0. The summed E-state index contributed by atoms with van der Waals surface area (Å²) in [5.74, 6) is 0. The molecule has 9 aromatic heterocycles. The Bertz CT molecular complexity index is 8670. The molecule has 0 spiro atoms. The number of aryl methyl sites for hydroxylation is 2. The standard InChI is InChI=1S/C49H28N6.C37H21N5.C27H18N4/c1-51-42-26-31(29-50)30-52-49(42)32-18-20-33(21-19-32)53-47-24-22-34(54-43-14-6-2-10-36(43)37-11-3-7-15-44(37)54)27-40(47)41-28-35(23-25-48(41)53)55-45-16-8-4-12-38(45)39-13-5-9-17-46(39)55;1-39-32-20-24(22-38)23-40-37(32)25-14-16-26(17-15-25)41-35-13-7-4-10-30(35)31-21-27(18-19-36(31)41)42-33-11-5-2-8-28(33)29-9-3-6-12-34(29)42;1-17-4-10-25-22(12-17)23-13-18(2)5-11-26(23)31(25)21-8-6-20(7-9-21)27-24(29-3)14-19(15-28)16-30-27/h2-28,30H;2-21,23H;4-14,16H,1-2H3. The Morgan fingerprint density at radius 3 is 0.656 bits per heavy atom. The quantitative estimate of drug-likeness (QED) is 0.131. The molecule has 0 fully saturated rings. The highest BCUT2D eigenvalue weighted by Gasteiger charge is 2.24. The van der Waals surface area contributed by atoms with Crippen LogP contribution < -0.4 is 0 Å². The molecule has 0 saturated heterocycles. The maximum Gasteiger partial charge on any atom is 0.214 e. The predicted molar refractivity (Wildman–Crippen MR) is 517 cm³/mol. The second-order valence-electron chi connectivity index (χ2n) is 31.9. The van der Waals surface area contributed by atoms with Crippen molar-refractivity contribution < 1.29 is 0 Å². The molecule has 0 aliphatic carbocycles. The van der Waals surface area contributed by atoms with Gasteiger partial charge in [0.25, 0.3) is 0 Å². The Balaban J connectivity index is 0.000000118. The Morgan fingerprint density at radius 2 is 0.414 bits per heavy atom. The van der Waals surface area contributed by atoms with Gasteiger partial charge in [0.15, 0.2) is 0 Å². The fourth-order valence-electron chi connectivity index (χ4n) is 18.8. The number of hydrogen-bond donors (Lipinski definition) is 0. The fourth-order valence-corrected chi connectivity index (χ4v) is 18.8. The first-order valence-corrected chi connectivity index (χ1v) is 41.8. The van der Waals surface area contributed by atoms with E-state index in [1.54, 1.807) is 18.2 Å². The van der Waals surface area contributed by atoms with Crippen LogP contribution in [0, 0.1) is 67.6 Å². The first-order chi connectivity index (χ1) is 63.0.